The molecule has 0 spiro atoms. The molecule has 4 rings (SSSR count). The van der Waals surface area contributed by atoms with Crippen molar-refractivity contribution >= 4 is 29.5 Å². The number of rotatable bonds is 11. The summed E-state index contributed by atoms with van der Waals surface area (Å²) in [5.74, 6) is -1.49. The van der Waals surface area contributed by atoms with Crippen LogP contribution in [-0.2, 0) is 29.5 Å². The Hall–Kier alpha value is -2.67. The van der Waals surface area contributed by atoms with Gasteiger partial charge in [0.15, 0.2) is 29.5 Å². The van der Waals surface area contributed by atoms with Crippen molar-refractivity contribution in [3.05, 3.63) is 89.5 Å². The zero-order valence-electron chi connectivity index (χ0n) is 23.5. The van der Waals surface area contributed by atoms with Crippen molar-refractivity contribution in [2.45, 2.75) is 46.3 Å². The fourth-order valence-corrected chi connectivity index (χ4v) is 8.08. The van der Waals surface area contributed by atoms with Gasteiger partial charge >= 0.3 is 0 Å². The standard InChI is InChI=1S/C30H35F2NO6S3/c1-40(34,35)27-5-3-23(4-6-27)30(24-19-25(31)21-26(32)20-24)13-17-33-15-11-22(12-16-33)14-18-42(38,39)29-9-7-28(8-10-29)41(2,36)37/h3-10,19-22,30H,11-18H2,1-2H3. The van der Waals surface area contributed by atoms with Crippen LogP contribution in [0, 0.1) is 17.6 Å². The van der Waals surface area contributed by atoms with Crippen LogP contribution in [0.25, 0.3) is 0 Å². The van der Waals surface area contributed by atoms with Crippen LogP contribution in [0.4, 0.5) is 8.78 Å². The molecule has 42 heavy (non-hydrogen) atoms. The van der Waals surface area contributed by atoms with E-state index < -0.39 is 41.1 Å². The van der Waals surface area contributed by atoms with Crippen LogP contribution in [0.3, 0.4) is 0 Å². The molecule has 3 aromatic carbocycles. The van der Waals surface area contributed by atoms with Crippen LogP contribution in [0.15, 0.2) is 81.4 Å². The van der Waals surface area contributed by atoms with E-state index in [1.807, 2.05) is 0 Å². The highest BCUT2D eigenvalue weighted by Crippen LogP contribution is 2.31. The van der Waals surface area contributed by atoms with Crippen LogP contribution in [-0.4, -0.2) is 68.1 Å². The van der Waals surface area contributed by atoms with E-state index in [1.54, 1.807) is 12.1 Å². The molecule has 0 amide bonds. The average Bonchev–Trinajstić information content (AvgIpc) is 2.92. The number of hydrogen-bond acceptors (Lipinski definition) is 7. The van der Waals surface area contributed by atoms with Gasteiger partial charge in [0.05, 0.1) is 20.4 Å². The van der Waals surface area contributed by atoms with Crippen molar-refractivity contribution in [2.24, 2.45) is 5.92 Å². The molecule has 228 valence electrons. The summed E-state index contributed by atoms with van der Waals surface area (Å²) in [7, 11) is -10.3. The highest BCUT2D eigenvalue weighted by Gasteiger charge is 2.25. The number of benzene rings is 3. The molecule has 1 aliphatic heterocycles. The quantitative estimate of drug-likeness (QED) is 0.295. The predicted molar refractivity (Wildman–Crippen MR) is 158 cm³/mol. The van der Waals surface area contributed by atoms with Gasteiger partial charge in [0.25, 0.3) is 0 Å². The molecular weight excluding hydrogens is 605 g/mol. The third kappa shape index (κ3) is 8.46. The molecule has 1 unspecified atom stereocenters. The summed E-state index contributed by atoms with van der Waals surface area (Å²) < 4.78 is 101. The molecule has 0 aliphatic carbocycles. The van der Waals surface area contributed by atoms with E-state index in [-0.39, 0.29) is 32.3 Å². The second-order valence-corrected chi connectivity index (χ2v) is 17.2. The lowest BCUT2D eigenvalue weighted by Gasteiger charge is -2.33. The van der Waals surface area contributed by atoms with Gasteiger partial charge in [-0.25, -0.2) is 34.0 Å². The summed E-state index contributed by atoms with van der Waals surface area (Å²) >= 11 is 0. The molecule has 7 nitrogen and oxygen atoms in total. The zero-order chi connectivity index (χ0) is 30.7. The Labute approximate surface area is 247 Å². The van der Waals surface area contributed by atoms with Crippen molar-refractivity contribution in [3.8, 4) is 0 Å². The van der Waals surface area contributed by atoms with Gasteiger partial charge in [-0.05, 0) is 111 Å². The van der Waals surface area contributed by atoms with E-state index >= 15 is 0 Å². The Morgan fingerprint density at radius 1 is 0.714 bits per heavy atom. The number of likely N-dealkylation sites (tertiary alicyclic amines) is 1. The van der Waals surface area contributed by atoms with Crippen LogP contribution in [0.2, 0.25) is 0 Å². The molecule has 0 saturated carbocycles. The van der Waals surface area contributed by atoms with Gasteiger partial charge < -0.3 is 4.90 Å². The maximum Gasteiger partial charge on any atom is 0.178 e. The highest BCUT2D eigenvalue weighted by atomic mass is 32.2. The van der Waals surface area contributed by atoms with Gasteiger partial charge in [0.2, 0.25) is 0 Å². The number of nitrogens with zero attached hydrogens (tertiary/aromatic N) is 1. The molecule has 0 N–H and O–H groups in total. The van der Waals surface area contributed by atoms with E-state index in [0.717, 1.165) is 50.1 Å². The Morgan fingerprint density at radius 3 is 1.69 bits per heavy atom. The monoisotopic (exact) mass is 639 g/mol. The van der Waals surface area contributed by atoms with Crippen molar-refractivity contribution < 1.29 is 34.0 Å². The fraction of sp³-hybridized carbons (Fsp3) is 0.400. The summed E-state index contributed by atoms with van der Waals surface area (Å²) in [4.78, 5) is 2.61. The topological polar surface area (TPSA) is 106 Å². The van der Waals surface area contributed by atoms with Crippen molar-refractivity contribution in [3.63, 3.8) is 0 Å². The molecule has 0 aromatic heterocycles. The molecule has 0 radical (unpaired) electrons. The minimum Gasteiger partial charge on any atom is -0.303 e. The first-order chi connectivity index (χ1) is 19.6. The fourth-order valence-electron chi connectivity index (χ4n) is 5.39. The average molecular weight is 640 g/mol. The van der Waals surface area contributed by atoms with Gasteiger partial charge in [0.1, 0.15) is 11.6 Å². The summed E-state index contributed by atoms with van der Waals surface area (Å²) in [5.41, 5.74) is 1.24. The van der Waals surface area contributed by atoms with E-state index in [2.05, 4.69) is 4.90 Å². The third-order valence-electron chi connectivity index (χ3n) is 7.84. The number of halogens is 2. The third-order valence-corrected chi connectivity index (χ3v) is 11.9. The maximum atomic E-state index is 14.1. The number of piperidine rings is 1. The summed E-state index contributed by atoms with van der Waals surface area (Å²) in [6.07, 6.45) is 4.88. The Bertz CT molecular complexity index is 1700. The Balaban J connectivity index is 1.36. The first-order valence-corrected chi connectivity index (χ1v) is 19.1. The summed E-state index contributed by atoms with van der Waals surface area (Å²) in [5, 5.41) is 0. The normalized spacial score (nSPS) is 16.4. The molecule has 12 heteroatoms. The van der Waals surface area contributed by atoms with Gasteiger partial charge in [0, 0.05) is 24.5 Å². The lowest BCUT2D eigenvalue weighted by Crippen LogP contribution is -2.35. The first kappa shape index (κ1) is 32.2. The van der Waals surface area contributed by atoms with Crippen molar-refractivity contribution in [2.75, 3.05) is 37.9 Å². The maximum absolute atomic E-state index is 14.1. The van der Waals surface area contributed by atoms with Gasteiger partial charge in [-0.2, -0.15) is 0 Å². The van der Waals surface area contributed by atoms with E-state index in [0.29, 0.717) is 24.9 Å². The predicted octanol–water partition coefficient (Wildman–Crippen LogP) is 4.87. The minimum atomic E-state index is -3.54. The van der Waals surface area contributed by atoms with Crippen LogP contribution in [0.1, 0.15) is 42.7 Å². The number of hydrogen-bond donors (Lipinski definition) is 0. The molecule has 0 bridgehead atoms. The summed E-state index contributed by atoms with van der Waals surface area (Å²) in [6.45, 7) is 2.16. The molecule has 1 fully saturated rings. The molecule has 1 saturated heterocycles. The SMILES string of the molecule is CS(=O)(=O)c1ccc(C(CCN2CCC(CCS(=O)(=O)c3ccc(S(C)(=O)=O)cc3)CC2)c2cc(F)cc(F)c2)cc1. The lowest BCUT2D eigenvalue weighted by atomic mass is 9.87. The second kappa shape index (κ2) is 12.9. The highest BCUT2D eigenvalue weighted by molar-refractivity contribution is 7.91. The van der Waals surface area contributed by atoms with Crippen molar-refractivity contribution in [1.29, 1.82) is 0 Å². The van der Waals surface area contributed by atoms with Gasteiger partial charge in [-0.3, -0.25) is 0 Å². The van der Waals surface area contributed by atoms with Gasteiger partial charge in [-0.1, -0.05) is 12.1 Å². The second-order valence-electron chi connectivity index (χ2n) is 11.0. The largest absolute Gasteiger partial charge is 0.303 e. The van der Waals surface area contributed by atoms with E-state index in [1.165, 1.54) is 48.5 Å². The summed E-state index contributed by atoms with van der Waals surface area (Å²) in [6, 6.07) is 15.1. The van der Waals surface area contributed by atoms with Crippen LogP contribution >= 0.6 is 0 Å². The lowest BCUT2D eigenvalue weighted by molar-refractivity contribution is 0.178. The van der Waals surface area contributed by atoms with E-state index in [9.17, 15) is 34.0 Å². The molecule has 1 atom stereocenters. The van der Waals surface area contributed by atoms with Crippen LogP contribution in [0.5, 0.6) is 0 Å². The molecule has 1 heterocycles. The van der Waals surface area contributed by atoms with Gasteiger partial charge in [-0.15, -0.1) is 0 Å². The van der Waals surface area contributed by atoms with Crippen molar-refractivity contribution in [1.82, 2.24) is 4.90 Å². The Morgan fingerprint density at radius 2 is 1.19 bits per heavy atom. The molecule has 3 aromatic rings. The molecular formula is C30H35F2NO6S3. The molecule has 1 aliphatic rings. The first-order valence-electron chi connectivity index (χ1n) is 13.6. The smallest absolute Gasteiger partial charge is 0.178 e. The van der Waals surface area contributed by atoms with Crippen LogP contribution < -0.4 is 0 Å². The zero-order valence-corrected chi connectivity index (χ0v) is 26.0. The Kier molecular flexibility index (Phi) is 9.91. The minimum absolute atomic E-state index is 0.0213. The van der Waals surface area contributed by atoms with E-state index in [4.69, 9.17) is 0 Å². The number of sulfone groups is 3.